The number of benzene rings is 3. The molecule has 0 spiro atoms. The molecular formula is C39H39Cl2N5O4. The highest BCUT2D eigenvalue weighted by molar-refractivity contribution is 6.35. The summed E-state index contributed by atoms with van der Waals surface area (Å²) in [5.74, 6) is -0.595. The van der Waals surface area contributed by atoms with E-state index in [4.69, 9.17) is 27.9 Å². The van der Waals surface area contributed by atoms with Crippen molar-refractivity contribution in [3.05, 3.63) is 97.5 Å². The van der Waals surface area contributed by atoms with Crippen molar-refractivity contribution in [2.45, 2.75) is 60.4 Å². The molecule has 0 radical (unpaired) electrons. The number of fused-ring (bicyclic) bond motifs is 4. The number of nitrogens with zero attached hydrogens (tertiary/aromatic N) is 4. The Labute approximate surface area is 300 Å². The van der Waals surface area contributed by atoms with E-state index in [9.17, 15) is 9.90 Å². The maximum Gasteiger partial charge on any atom is 0.354 e. The second kappa shape index (κ2) is 12.5. The van der Waals surface area contributed by atoms with Crippen LogP contribution in [0.3, 0.4) is 0 Å². The van der Waals surface area contributed by atoms with Crippen LogP contribution < -0.4 is 9.64 Å². The topological polar surface area (TPSA) is 105 Å². The Balaban J connectivity index is 1.40. The Hall–Kier alpha value is -4.73. The highest BCUT2D eigenvalue weighted by Gasteiger charge is 2.39. The van der Waals surface area contributed by atoms with Crippen LogP contribution in [0.1, 0.15) is 74.0 Å². The lowest BCUT2D eigenvalue weighted by atomic mass is 9.98. The number of amides is 1. The second-order valence-corrected chi connectivity index (χ2v) is 14.3. The van der Waals surface area contributed by atoms with Crippen molar-refractivity contribution in [1.29, 1.82) is 0 Å². The van der Waals surface area contributed by atoms with E-state index in [1.807, 2.05) is 77.1 Å². The van der Waals surface area contributed by atoms with Crippen molar-refractivity contribution in [3.8, 4) is 16.9 Å². The van der Waals surface area contributed by atoms with Gasteiger partial charge >= 0.3 is 5.97 Å². The highest BCUT2D eigenvalue weighted by atomic mass is 35.5. The third-order valence-electron chi connectivity index (χ3n) is 9.98. The molecule has 1 aliphatic heterocycles. The maximum atomic E-state index is 15.1. The number of aromatic amines is 1. The van der Waals surface area contributed by atoms with Gasteiger partial charge in [-0.25, -0.2) is 4.79 Å². The van der Waals surface area contributed by atoms with Gasteiger partial charge in [-0.2, -0.15) is 5.10 Å². The average molecular weight is 713 g/mol. The number of anilines is 1. The van der Waals surface area contributed by atoms with Gasteiger partial charge in [-0.05, 0) is 101 Å². The van der Waals surface area contributed by atoms with Gasteiger partial charge in [-0.1, -0.05) is 40.9 Å². The van der Waals surface area contributed by atoms with Gasteiger partial charge in [0, 0.05) is 52.3 Å². The summed E-state index contributed by atoms with van der Waals surface area (Å²) in [7, 11) is 1.73. The quantitative estimate of drug-likeness (QED) is 0.153. The number of ether oxygens (including phenoxy) is 1. The van der Waals surface area contributed by atoms with E-state index in [1.54, 1.807) is 16.5 Å². The van der Waals surface area contributed by atoms with Gasteiger partial charge in [0.15, 0.2) is 5.69 Å². The van der Waals surface area contributed by atoms with E-state index >= 15 is 4.79 Å². The summed E-state index contributed by atoms with van der Waals surface area (Å²) in [6.07, 6.45) is 1.17. The van der Waals surface area contributed by atoms with E-state index in [-0.39, 0.29) is 24.2 Å². The molecule has 0 bridgehead atoms. The molecular weight excluding hydrogens is 673 g/mol. The predicted molar refractivity (Wildman–Crippen MR) is 200 cm³/mol. The van der Waals surface area contributed by atoms with Crippen molar-refractivity contribution < 1.29 is 19.4 Å². The number of carbonyl (C=O) groups excluding carboxylic acids is 1. The normalized spacial score (nSPS) is 14.6. The van der Waals surface area contributed by atoms with E-state index in [1.165, 1.54) is 0 Å². The van der Waals surface area contributed by atoms with Gasteiger partial charge in [-0.15, -0.1) is 0 Å². The summed E-state index contributed by atoms with van der Waals surface area (Å²) in [5.41, 5.74) is 9.81. The number of aryl methyl sites for hydroxylation is 7. The summed E-state index contributed by atoms with van der Waals surface area (Å²) in [4.78, 5) is 29.5. The van der Waals surface area contributed by atoms with Crippen LogP contribution in [0.25, 0.3) is 32.9 Å². The number of aromatic carboxylic acids is 1. The number of carboxylic acid groups (broad SMARTS) is 1. The van der Waals surface area contributed by atoms with Crippen LogP contribution in [0.5, 0.6) is 5.75 Å². The van der Waals surface area contributed by atoms with Gasteiger partial charge in [-0.3, -0.25) is 9.89 Å². The van der Waals surface area contributed by atoms with Crippen molar-refractivity contribution in [2.24, 2.45) is 7.05 Å². The number of carboxylic acids is 1. The summed E-state index contributed by atoms with van der Waals surface area (Å²) in [6, 6.07) is 13.4. The number of aromatic nitrogens is 4. The molecule has 0 saturated carbocycles. The van der Waals surface area contributed by atoms with E-state index in [0.717, 1.165) is 77.3 Å². The van der Waals surface area contributed by atoms with Gasteiger partial charge in [0.2, 0.25) is 0 Å². The zero-order valence-electron chi connectivity index (χ0n) is 29.2. The zero-order valence-corrected chi connectivity index (χ0v) is 30.7. The second-order valence-electron chi connectivity index (χ2n) is 13.5. The molecule has 258 valence electrons. The molecule has 1 atom stereocenters. The molecule has 4 heterocycles. The number of carbonyl (C=O) groups is 2. The molecule has 0 unspecified atom stereocenters. The fourth-order valence-electron chi connectivity index (χ4n) is 7.76. The average Bonchev–Trinajstić information content (AvgIpc) is 3.68. The predicted octanol–water partition coefficient (Wildman–Crippen LogP) is 9.30. The molecule has 2 N–H and O–H groups in total. The smallest absolute Gasteiger partial charge is 0.354 e. The molecule has 9 nitrogen and oxygen atoms in total. The lowest BCUT2D eigenvalue weighted by molar-refractivity contribution is 0.0687. The monoisotopic (exact) mass is 711 g/mol. The molecule has 11 heteroatoms. The van der Waals surface area contributed by atoms with Crippen LogP contribution in [-0.2, 0) is 13.5 Å². The molecule has 7 rings (SSSR count). The van der Waals surface area contributed by atoms with Crippen molar-refractivity contribution >= 4 is 62.6 Å². The minimum Gasteiger partial charge on any atom is -0.494 e. The Morgan fingerprint density at radius 2 is 1.74 bits per heavy atom. The number of hydrogen-bond donors (Lipinski definition) is 2. The van der Waals surface area contributed by atoms with Gasteiger partial charge in [0.25, 0.3) is 5.91 Å². The molecule has 0 fully saturated rings. The SMILES string of the molecule is Cc1ccc2c(c1)c(N1C[C@@H](C)n3c(c(CCCOc4cc(C)c(Cl)c(C)c4)c4ccc(Cl)c(-c5c(C)n[nH]c5C)c43)C1=O)c(C(=O)O)n2C. The first-order valence-corrected chi connectivity index (χ1v) is 17.5. The van der Waals surface area contributed by atoms with Crippen LogP contribution in [0.4, 0.5) is 5.69 Å². The minimum atomic E-state index is -1.09. The first kappa shape index (κ1) is 33.8. The van der Waals surface area contributed by atoms with Crippen molar-refractivity contribution in [1.82, 2.24) is 19.3 Å². The van der Waals surface area contributed by atoms with Crippen LogP contribution in [0, 0.1) is 34.6 Å². The Morgan fingerprint density at radius 1 is 1.02 bits per heavy atom. The number of hydrogen-bond acceptors (Lipinski definition) is 4. The van der Waals surface area contributed by atoms with Crippen LogP contribution in [-0.4, -0.2) is 49.5 Å². The lowest BCUT2D eigenvalue weighted by Gasteiger charge is -2.34. The highest BCUT2D eigenvalue weighted by Crippen LogP contribution is 2.46. The van der Waals surface area contributed by atoms with E-state index < -0.39 is 5.97 Å². The number of nitrogens with one attached hydrogen (secondary N) is 1. The molecule has 3 aromatic carbocycles. The summed E-state index contributed by atoms with van der Waals surface area (Å²) >= 11 is 13.4. The standard InChI is InChI=1S/C39H39Cl2N5O4/c1-19-10-13-30-28(15-19)35(37(39(48)49)44(30)7)45-18-22(4)46-34-27(11-12-29(40)32(34)31-23(5)42-43-24(31)6)26(36(46)38(45)47)9-8-14-50-25-16-20(2)33(41)21(3)17-25/h10-13,15-17,22H,8-9,14,18H2,1-7H3,(H,42,43)(H,48,49)/t22-/m1/s1. The first-order valence-electron chi connectivity index (χ1n) is 16.7. The number of halogens is 2. The Morgan fingerprint density at radius 3 is 2.40 bits per heavy atom. The minimum absolute atomic E-state index is 0.0765. The molecule has 3 aromatic heterocycles. The fourth-order valence-corrected chi connectivity index (χ4v) is 8.12. The van der Waals surface area contributed by atoms with Gasteiger partial charge < -0.3 is 23.9 Å². The third kappa shape index (κ3) is 5.26. The molecule has 50 heavy (non-hydrogen) atoms. The Bertz CT molecular complexity index is 2340. The molecule has 0 saturated heterocycles. The van der Waals surface area contributed by atoms with E-state index in [0.29, 0.717) is 35.9 Å². The zero-order chi connectivity index (χ0) is 35.8. The maximum absolute atomic E-state index is 15.1. The Kier molecular flexibility index (Phi) is 8.47. The number of H-pyrrole nitrogens is 1. The lowest BCUT2D eigenvalue weighted by Crippen LogP contribution is -2.43. The van der Waals surface area contributed by atoms with Gasteiger partial charge in [0.1, 0.15) is 11.4 Å². The molecule has 1 aliphatic rings. The van der Waals surface area contributed by atoms with Crippen LogP contribution >= 0.6 is 23.2 Å². The summed E-state index contributed by atoms with van der Waals surface area (Å²) in [5, 5.41) is 21.0. The fraction of sp³-hybridized carbons (Fsp3) is 0.308. The van der Waals surface area contributed by atoms with Crippen molar-refractivity contribution in [3.63, 3.8) is 0 Å². The van der Waals surface area contributed by atoms with Crippen LogP contribution in [0.2, 0.25) is 10.0 Å². The summed E-state index contributed by atoms with van der Waals surface area (Å²) < 4.78 is 9.96. The first-order chi connectivity index (χ1) is 23.8. The molecule has 6 aromatic rings. The van der Waals surface area contributed by atoms with Crippen molar-refractivity contribution in [2.75, 3.05) is 18.1 Å². The van der Waals surface area contributed by atoms with Crippen LogP contribution in [0.15, 0.2) is 42.5 Å². The molecule has 1 amide bonds. The third-order valence-corrected chi connectivity index (χ3v) is 10.9. The molecule has 0 aliphatic carbocycles. The van der Waals surface area contributed by atoms with E-state index in [2.05, 4.69) is 21.7 Å². The number of rotatable bonds is 8. The summed E-state index contributed by atoms with van der Waals surface area (Å²) in [6.45, 7) is 12.6. The van der Waals surface area contributed by atoms with Gasteiger partial charge in [0.05, 0.1) is 34.0 Å². The largest absolute Gasteiger partial charge is 0.494 e.